The summed E-state index contributed by atoms with van der Waals surface area (Å²) in [4.78, 5) is 1.97. The van der Waals surface area contributed by atoms with E-state index in [1.807, 2.05) is 11.8 Å². The molecule has 2 rings (SSSR count). The van der Waals surface area contributed by atoms with Gasteiger partial charge in [-0.25, -0.2) is 4.39 Å². The van der Waals surface area contributed by atoms with Crippen LogP contribution < -0.4 is 0 Å². The van der Waals surface area contributed by atoms with Crippen LogP contribution in [0.4, 0.5) is 4.39 Å². The molecule has 0 amide bonds. The van der Waals surface area contributed by atoms with Crippen LogP contribution in [-0.2, 0) is 6.54 Å². The number of rotatable bonds is 2. The quantitative estimate of drug-likeness (QED) is 0.777. The van der Waals surface area contributed by atoms with Gasteiger partial charge in [0.25, 0.3) is 0 Å². The Hall–Kier alpha value is -0.970. The number of nitrogens with zero attached hydrogens (tertiary/aromatic N) is 1. The molecule has 0 radical (unpaired) electrons. The van der Waals surface area contributed by atoms with Gasteiger partial charge in [0.05, 0.1) is 12.2 Å². The van der Waals surface area contributed by atoms with E-state index in [1.165, 1.54) is 12.1 Å². The maximum absolute atomic E-state index is 12.9. The topological polar surface area (TPSA) is 43.7 Å². The number of aliphatic hydroxyl groups excluding tert-OH is 2. The Kier molecular flexibility index (Phi) is 3.23. The van der Waals surface area contributed by atoms with Crippen molar-refractivity contribution in [1.82, 2.24) is 4.90 Å². The zero-order chi connectivity index (χ0) is 11.7. The molecule has 1 aromatic rings. The van der Waals surface area contributed by atoms with E-state index in [0.717, 1.165) is 11.1 Å². The van der Waals surface area contributed by atoms with Gasteiger partial charge < -0.3 is 10.2 Å². The summed E-state index contributed by atoms with van der Waals surface area (Å²) in [6, 6.07) is 4.69. The summed E-state index contributed by atoms with van der Waals surface area (Å²) in [5, 5.41) is 18.8. The lowest BCUT2D eigenvalue weighted by molar-refractivity contribution is 0.0572. The van der Waals surface area contributed by atoms with E-state index < -0.39 is 12.2 Å². The Labute approximate surface area is 94.1 Å². The zero-order valence-corrected chi connectivity index (χ0v) is 9.23. The molecule has 3 nitrogen and oxygen atoms in total. The van der Waals surface area contributed by atoms with Gasteiger partial charge in [0.15, 0.2) is 0 Å². The Balaban J connectivity index is 2.05. The van der Waals surface area contributed by atoms with Crippen molar-refractivity contribution in [3.63, 3.8) is 0 Å². The number of benzene rings is 1. The molecule has 1 saturated heterocycles. The second-order valence-electron chi connectivity index (χ2n) is 4.40. The van der Waals surface area contributed by atoms with Crippen LogP contribution >= 0.6 is 0 Å². The van der Waals surface area contributed by atoms with Gasteiger partial charge in [0.2, 0.25) is 0 Å². The minimum absolute atomic E-state index is 0.234. The molecule has 1 heterocycles. The second-order valence-corrected chi connectivity index (χ2v) is 4.40. The number of aliphatic hydroxyl groups is 2. The first-order valence-corrected chi connectivity index (χ1v) is 5.40. The molecule has 0 saturated carbocycles. The fraction of sp³-hybridized carbons (Fsp3) is 0.500. The van der Waals surface area contributed by atoms with Crippen LogP contribution in [0.3, 0.4) is 0 Å². The van der Waals surface area contributed by atoms with Crippen LogP contribution in [0.25, 0.3) is 0 Å². The van der Waals surface area contributed by atoms with Crippen LogP contribution in [-0.4, -0.2) is 40.4 Å². The SMILES string of the molecule is Cc1cc(F)ccc1CN1CC(O)C(O)C1. The molecule has 88 valence electrons. The predicted molar refractivity (Wildman–Crippen MR) is 58.4 cm³/mol. The van der Waals surface area contributed by atoms with Crippen molar-refractivity contribution in [2.75, 3.05) is 13.1 Å². The molecule has 0 aliphatic carbocycles. The van der Waals surface area contributed by atoms with Crippen molar-refractivity contribution in [2.24, 2.45) is 0 Å². The predicted octanol–water partition coefficient (Wildman–Crippen LogP) is 0.672. The highest BCUT2D eigenvalue weighted by Crippen LogP contribution is 2.17. The third-order valence-electron chi connectivity index (χ3n) is 3.03. The van der Waals surface area contributed by atoms with Crippen molar-refractivity contribution < 1.29 is 14.6 Å². The first-order chi connectivity index (χ1) is 7.56. The summed E-state index contributed by atoms with van der Waals surface area (Å²) in [6.07, 6.45) is -1.33. The average Bonchev–Trinajstić information content (AvgIpc) is 2.51. The standard InChI is InChI=1S/C12H16FNO2/c1-8-4-10(13)3-2-9(8)5-14-6-11(15)12(16)7-14/h2-4,11-12,15-16H,5-7H2,1H3. The first kappa shape index (κ1) is 11.5. The molecule has 1 aliphatic heterocycles. The summed E-state index contributed by atoms with van der Waals surface area (Å²) in [6.45, 7) is 3.44. The fourth-order valence-electron chi connectivity index (χ4n) is 2.05. The Morgan fingerprint density at radius 1 is 1.31 bits per heavy atom. The van der Waals surface area contributed by atoms with E-state index in [0.29, 0.717) is 19.6 Å². The van der Waals surface area contributed by atoms with Crippen LogP contribution in [0.5, 0.6) is 0 Å². The lowest BCUT2D eigenvalue weighted by atomic mass is 10.1. The maximum atomic E-state index is 12.9. The van der Waals surface area contributed by atoms with Crippen LogP contribution in [0, 0.1) is 12.7 Å². The molecule has 1 fully saturated rings. The van der Waals surface area contributed by atoms with Gasteiger partial charge in [0.1, 0.15) is 5.82 Å². The van der Waals surface area contributed by atoms with E-state index in [2.05, 4.69) is 0 Å². The Morgan fingerprint density at radius 3 is 2.50 bits per heavy atom. The largest absolute Gasteiger partial charge is 0.389 e. The average molecular weight is 225 g/mol. The van der Waals surface area contributed by atoms with Crippen molar-refractivity contribution in [3.05, 3.63) is 35.1 Å². The van der Waals surface area contributed by atoms with Gasteiger partial charge in [-0.3, -0.25) is 4.90 Å². The molecule has 2 unspecified atom stereocenters. The summed E-state index contributed by atoms with van der Waals surface area (Å²) in [5.41, 5.74) is 1.93. The molecular formula is C12H16FNO2. The monoisotopic (exact) mass is 225 g/mol. The van der Waals surface area contributed by atoms with E-state index >= 15 is 0 Å². The summed E-state index contributed by atoms with van der Waals surface area (Å²) < 4.78 is 12.9. The summed E-state index contributed by atoms with van der Waals surface area (Å²) >= 11 is 0. The molecule has 16 heavy (non-hydrogen) atoms. The van der Waals surface area contributed by atoms with Crippen molar-refractivity contribution >= 4 is 0 Å². The summed E-state index contributed by atoms with van der Waals surface area (Å²) in [5.74, 6) is -0.234. The van der Waals surface area contributed by atoms with Crippen molar-refractivity contribution in [1.29, 1.82) is 0 Å². The first-order valence-electron chi connectivity index (χ1n) is 5.40. The third-order valence-corrected chi connectivity index (χ3v) is 3.03. The van der Waals surface area contributed by atoms with Gasteiger partial charge >= 0.3 is 0 Å². The van der Waals surface area contributed by atoms with Crippen molar-refractivity contribution in [3.8, 4) is 0 Å². The molecule has 2 N–H and O–H groups in total. The van der Waals surface area contributed by atoms with E-state index in [9.17, 15) is 14.6 Å². The number of aryl methyl sites for hydroxylation is 1. The minimum atomic E-state index is -0.666. The molecule has 1 aromatic carbocycles. The number of halogens is 1. The van der Waals surface area contributed by atoms with E-state index in [1.54, 1.807) is 6.07 Å². The second kappa shape index (κ2) is 4.49. The Morgan fingerprint density at radius 2 is 1.94 bits per heavy atom. The van der Waals surface area contributed by atoms with Crippen LogP contribution in [0.15, 0.2) is 18.2 Å². The maximum Gasteiger partial charge on any atom is 0.123 e. The number of hydrogen-bond donors (Lipinski definition) is 2. The lowest BCUT2D eigenvalue weighted by Gasteiger charge is -2.16. The highest BCUT2D eigenvalue weighted by Gasteiger charge is 2.29. The van der Waals surface area contributed by atoms with Gasteiger partial charge in [-0.05, 0) is 30.2 Å². The number of likely N-dealkylation sites (tertiary alicyclic amines) is 1. The third kappa shape index (κ3) is 2.40. The molecule has 1 aliphatic rings. The van der Waals surface area contributed by atoms with Gasteiger partial charge in [-0.1, -0.05) is 6.07 Å². The zero-order valence-electron chi connectivity index (χ0n) is 9.23. The molecule has 0 spiro atoms. The van der Waals surface area contributed by atoms with Gasteiger partial charge in [0, 0.05) is 19.6 Å². The normalized spacial score (nSPS) is 26.2. The summed E-state index contributed by atoms with van der Waals surface area (Å²) in [7, 11) is 0. The van der Waals surface area contributed by atoms with Gasteiger partial charge in [-0.2, -0.15) is 0 Å². The number of β-amino-alcohol motifs (C(OH)–C–C–N with tert-alkyl or cyclic N) is 2. The van der Waals surface area contributed by atoms with Gasteiger partial charge in [-0.15, -0.1) is 0 Å². The van der Waals surface area contributed by atoms with Crippen LogP contribution in [0.1, 0.15) is 11.1 Å². The minimum Gasteiger partial charge on any atom is -0.389 e. The van der Waals surface area contributed by atoms with E-state index in [4.69, 9.17) is 0 Å². The van der Waals surface area contributed by atoms with Crippen molar-refractivity contribution in [2.45, 2.75) is 25.7 Å². The smallest absolute Gasteiger partial charge is 0.123 e. The molecule has 0 aromatic heterocycles. The fourth-order valence-corrected chi connectivity index (χ4v) is 2.05. The van der Waals surface area contributed by atoms with E-state index in [-0.39, 0.29) is 5.82 Å². The molecule has 0 bridgehead atoms. The Bertz CT molecular complexity index is 373. The molecule has 2 atom stereocenters. The number of hydrogen-bond acceptors (Lipinski definition) is 3. The highest BCUT2D eigenvalue weighted by atomic mass is 19.1. The molecule has 4 heteroatoms. The lowest BCUT2D eigenvalue weighted by Crippen LogP contribution is -2.22. The molecular weight excluding hydrogens is 209 g/mol. The van der Waals surface area contributed by atoms with Crippen LogP contribution in [0.2, 0.25) is 0 Å². The highest BCUT2D eigenvalue weighted by molar-refractivity contribution is 5.26.